The van der Waals surface area contributed by atoms with E-state index in [1.807, 2.05) is 6.92 Å². The van der Waals surface area contributed by atoms with Gasteiger partial charge in [-0.05, 0) is 30.7 Å². The number of aromatic nitrogens is 2. The molecule has 0 unspecified atom stereocenters. The Morgan fingerprint density at radius 1 is 1.18 bits per heavy atom. The summed E-state index contributed by atoms with van der Waals surface area (Å²) in [5.41, 5.74) is 2.10. The van der Waals surface area contributed by atoms with E-state index in [1.54, 1.807) is 54.4 Å². The van der Waals surface area contributed by atoms with E-state index in [4.69, 9.17) is 0 Å². The summed E-state index contributed by atoms with van der Waals surface area (Å²) in [6, 6.07) is 8.96. The second kappa shape index (κ2) is 10.5. The number of carbonyl (C=O) groups excluding carboxylic acids is 1. The summed E-state index contributed by atoms with van der Waals surface area (Å²) in [6.45, 7) is 4.15. The number of urea groups is 1. The highest BCUT2D eigenvalue weighted by atomic mass is 32.2. The van der Waals surface area contributed by atoms with Crippen LogP contribution >= 0.6 is 0 Å². The van der Waals surface area contributed by atoms with Gasteiger partial charge in [0.2, 0.25) is 10.0 Å². The molecule has 0 aliphatic carbocycles. The van der Waals surface area contributed by atoms with Crippen LogP contribution in [0.25, 0.3) is 0 Å². The van der Waals surface area contributed by atoms with Crippen molar-refractivity contribution in [2.75, 3.05) is 55.2 Å². The molecule has 3 rings (SSSR count). The van der Waals surface area contributed by atoms with Crippen molar-refractivity contribution in [3.05, 3.63) is 48.0 Å². The first-order chi connectivity index (χ1) is 15.8. The average Bonchev–Trinajstić information content (AvgIpc) is 2.82. The first kappa shape index (κ1) is 24.3. The summed E-state index contributed by atoms with van der Waals surface area (Å²) < 4.78 is 27.4. The first-order valence-electron chi connectivity index (χ1n) is 10.8. The fourth-order valence-corrected chi connectivity index (χ4v) is 5.24. The minimum absolute atomic E-state index is 0.0103. The number of nitrogens with zero attached hydrogens (tertiary/aromatic N) is 7. The summed E-state index contributed by atoms with van der Waals surface area (Å²) in [4.78, 5) is 25.6. The third-order valence-corrected chi connectivity index (χ3v) is 7.34. The van der Waals surface area contributed by atoms with Crippen molar-refractivity contribution >= 4 is 27.4 Å². The van der Waals surface area contributed by atoms with Crippen molar-refractivity contribution in [1.29, 1.82) is 5.26 Å². The van der Waals surface area contributed by atoms with Crippen molar-refractivity contribution in [1.82, 2.24) is 19.8 Å². The van der Waals surface area contributed by atoms with Gasteiger partial charge in [0.25, 0.3) is 0 Å². The molecule has 11 heteroatoms. The molecule has 0 N–H and O–H groups in total. The fraction of sp³-hybridized carbons (Fsp3) is 0.455. The van der Waals surface area contributed by atoms with E-state index < -0.39 is 10.0 Å². The van der Waals surface area contributed by atoms with Crippen LogP contribution in [0.5, 0.6) is 0 Å². The largest absolute Gasteiger partial charge is 0.367 e. The third-order valence-electron chi connectivity index (χ3n) is 5.41. The molecular formula is C22H29N7O3S. The Labute approximate surface area is 195 Å². The first-order valence-corrected chi connectivity index (χ1v) is 12.4. The SMILES string of the molecule is CCCS(=O)(=O)N(Cc1ccncn1)c1ccc(N2CCN(C(=O)N(C)C)CC2)c(C#N)c1. The lowest BCUT2D eigenvalue weighted by Gasteiger charge is -2.37. The number of piperazine rings is 1. The number of amides is 2. The monoisotopic (exact) mass is 471 g/mol. The molecule has 2 amide bonds. The number of benzene rings is 1. The zero-order chi connectivity index (χ0) is 24.0. The summed E-state index contributed by atoms with van der Waals surface area (Å²) in [5, 5.41) is 9.83. The van der Waals surface area contributed by atoms with Gasteiger partial charge in [0.05, 0.1) is 34.9 Å². The number of sulfonamides is 1. The molecule has 2 heterocycles. The molecule has 10 nitrogen and oxygen atoms in total. The van der Waals surface area contributed by atoms with Crippen molar-refractivity contribution in [3.63, 3.8) is 0 Å². The van der Waals surface area contributed by atoms with Crippen molar-refractivity contribution < 1.29 is 13.2 Å². The Kier molecular flexibility index (Phi) is 7.71. The topological polar surface area (TPSA) is 114 Å². The van der Waals surface area contributed by atoms with E-state index in [9.17, 15) is 18.5 Å². The van der Waals surface area contributed by atoms with Crippen LogP contribution in [-0.2, 0) is 16.6 Å². The maximum absolute atomic E-state index is 13.0. The van der Waals surface area contributed by atoms with Crippen molar-refractivity contribution in [3.8, 4) is 6.07 Å². The Morgan fingerprint density at radius 3 is 2.48 bits per heavy atom. The third kappa shape index (κ3) is 5.70. The molecule has 1 aliphatic heterocycles. The number of anilines is 2. The molecule has 1 saturated heterocycles. The quantitative estimate of drug-likeness (QED) is 0.606. The van der Waals surface area contributed by atoms with Gasteiger partial charge in [-0.15, -0.1) is 0 Å². The molecule has 0 saturated carbocycles. The van der Waals surface area contributed by atoms with Crippen LogP contribution < -0.4 is 9.21 Å². The van der Waals surface area contributed by atoms with Crippen LogP contribution in [0.15, 0.2) is 36.8 Å². The van der Waals surface area contributed by atoms with Gasteiger partial charge in [-0.3, -0.25) is 4.31 Å². The second-order valence-electron chi connectivity index (χ2n) is 7.99. The molecule has 1 aromatic carbocycles. The van der Waals surface area contributed by atoms with Crippen molar-refractivity contribution in [2.45, 2.75) is 19.9 Å². The smallest absolute Gasteiger partial charge is 0.319 e. The molecule has 2 aromatic rings. The van der Waals surface area contributed by atoms with Gasteiger partial charge in [-0.25, -0.2) is 23.2 Å². The number of nitriles is 1. The predicted octanol–water partition coefficient (Wildman–Crippen LogP) is 1.90. The van der Waals surface area contributed by atoms with Crippen LogP contribution in [0, 0.1) is 11.3 Å². The number of carbonyl (C=O) groups is 1. The lowest BCUT2D eigenvalue weighted by atomic mass is 10.1. The van der Waals surface area contributed by atoms with E-state index >= 15 is 0 Å². The van der Waals surface area contributed by atoms with E-state index in [-0.39, 0.29) is 18.3 Å². The summed E-state index contributed by atoms with van der Waals surface area (Å²) in [7, 11) is -0.164. The van der Waals surface area contributed by atoms with E-state index in [2.05, 4.69) is 20.9 Å². The highest BCUT2D eigenvalue weighted by molar-refractivity contribution is 7.92. The van der Waals surface area contributed by atoms with Gasteiger partial charge < -0.3 is 14.7 Å². The standard InChI is InChI=1S/C22H29N7O3S/c1-4-13-33(31,32)29(16-19-7-8-24-17-25-19)20-5-6-21(18(14-20)15-23)27-9-11-28(12-10-27)22(30)26(2)3/h5-8,14,17H,4,9-13,16H2,1-3H3. The van der Waals surface area contributed by atoms with Crippen LogP contribution in [0.4, 0.5) is 16.2 Å². The summed E-state index contributed by atoms with van der Waals surface area (Å²) in [5.74, 6) is -0.0103. The van der Waals surface area contributed by atoms with Crippen molar-refractivity contribution in [2.24, 2.45) is 0 Å². The number of hydrogen-bond donors (Lipinski definition) is 0. The van der Waals surface area contributed by atoms with Crippen LogP contribution in [0.2, 0.25) is 0 Å². The molecule has 0 radical (unpaired) electrons. The number of hydrogen-bond acceptors (Lipinski definition) is 7. The molecule has 0 bridgehead atoms. The minimum atomic E-state index is -3.61. The summed E-state index contributed by atoms with van der Waals surface area (Å²) in [6.07, 6.45) is 3.42. The fourth-order valence-electron chi connectivity index (χ4n) is 3.74. The molecular weight excluding hydrogens is 442 g/mol. The van der Waals surface area contributed by atoms with Gasteiger partial charge in [-0.1, -0.05) is 6.92 Å². The van der Waals surface area contributed by atoms with E-state index in [0.29, 0.717) is 49.5 Å². The number of rotatable bonds is 7. The molecule has 176 valence electrons. The minimum Gasteiger partial charge on any atom is -0.367 e. The van der Waals surface area contributed by atoms with E-state index in [1.165, 1.54) is 10.6 Å². The maximum Gasteiger partial charge on any atom is 0.319 e. The van der Waals surface area contributed by atoms with Gasteiger partial charge in [0.15, 0.2) is 0 Å². The Morgan fingerprint density at radius 2 is 1.91 bits per heavy atom. The Balaban J connectivity index is 1.87. The predicted molar refractivity (Wildman–Crippen MR) is 126 cm³/mol. The molecule has 33 heavy (non-hydrogen) atoms. The highest BCUT2D eigenvalue weighted by Crippen LogP contribution is 2.29. The van der Waals surface area contributed by atoms with Gasteiger partial charge in [-0.2, -0.15) is 5.26 Å². The molecule has 1 aliphatic rings. The zero-order valence-electron chi connectivity index (χ0n) is 19.2. The van der Waals surface area contributed by atoms with Crippen LogP contribution in [-0.4, -0.2) is 80.2 Å². The second-order valence-corrected chi connectivity index (χ2v) is 10.0. The molecule has 1 fully saturated rings. The average molecular weight is 472 g/mol. The van der Waals surface area contributed by atoms with Gasteiger partial charge in [0.1, 0.15) is 12.4 Å². The molecule has 0 atom stereocenters. The highest BCUT2D eigenvalue weighted by Gasteiger charge is 2.26. The Hall–Kier alpha value is -3.39. The van der Waals surface area contributed by atoms with Crippen LogP contribution in [0.3, 0.4) is 0 Å². The normalized spacial score (nSPS) is 14.0. The van der Waals surface area contributed by atoms with Crippen LogP contribution in [0.1, 0.15) is 24.6 Å². The van der Waals surface area contributed by atoms with Gasteiger partial charge >= 0.3 is 6.03 Å². The zero-order valence-corrected chi connectivity index (χ0v) is 20.0. The lowest BCUT2D eigenvalue weighted by Crippen LogP contribution is -2.51. The Bertz CT molecular complexity index is 1110. The van der Waals surface area contributed by atoms with E-state index in [0.717, 1.165) is 5.69 Å². The molecule has 1 aromatic heterocycles. The van der Waals surface area contributed by atoms with Gasteiger partial charge in [0, 0.05) is 46.5 Å². The maximum atomic E-state index is 13.0. The molecule has 0 spiro atoms. The summed E-state index contributed by atoms with van der Waals surface area (Å²) >= 11 is 0. The lowest BCUT2D eigenvalue weighted by molar-refractivity contribution is 0.168.